The van der Waals surface area contributed by atoms with Crippen molar-refractivity contribution in [2.24, 2.45) is 5.73 Å². The summed E-state index contributed by atoms with van der Waals surface area (Å²) in [5, 5.41) is 0. The Morgan fingerprint density at radius 2 is 1.09 bits per heavy atom. The molecule has 0 aromatic carbocycles. The molecule has 3 N–H and O–H groups in total. The average molecular weight is 676 g/mol. The molecule has 0 aliphatic rings. The van der Waals surface area contributed by atoms with E-state index in [-0.39, 0.29) is 32.3 Å². The summed E-state index contributed by atoms with van der Waals surface area (Å²) in [7, 11) is -4.26. The number of unbranched alkanes of at least 4 members (excludes halogenated alkanes) is 22. The fraction of sp³-hybridized carbons (Fsp3) is 0.919. The molecule has 0 spiro atoms. The zero-order chi connectivity index (χ0) is 33.8. The molecule has 0 aromatic rings. The standard InChI is InChI=1S/C37H74NO7P/c1-3-5-7-9-11-13-15-17-18-19-20-22-24-26-28-30-37(39)45-36(35-44-46(40,41)43-33-31-38)34-42-32-29-27-25-23-21-16-14-12-10-8-6-4-2/h17-18,36H,3-16,19-35,38H2,1-2H3,(H,40,41)/b18-17-. The van der Waals surface area contributed by atoms with Crippen molar-refractivity contribution in [2.45, 2.75) is 187 Å². The third kappa shape index (κ3) is 34.6. The van der Waals surface area contributed by atoms with Crippen molar-refractivity contribution in [1.29, 1.82) is 0 Å². The Morgan fingerprint density at radius 3 is 1.59 bits per heavy atom. The summed E-state index contributed by atoms with van der Waals surface area (Å²) in [6, 6.07) is 0. The van der Waals surface area contributed by atoms with Crippen LogP contribution in [0.5, 0.6) is 0 Å². The minimum absolute atomic E-state index is 0.0941. The molecule has 274 valence electrons. The van der Waals surface area contributed by atoms with Crippen molar-refractivity contribution >= 4 is 13.8 Å². The summed E-state index contributed by atoms with van der Waals surface area (Å²) in [5.74, 6) is -0.337. The van der Waals surface area contributed by atoms with Crippen LogP contribution < -0.4 is 5.73 Å². The van der Waals surface area contributed by atoms with Crippen LogP contribution in [0.3, 0.4) is 0 Å². The molecule has 0 radical (unpaired) electrons. The first kappa shape index (κ1) is 45.2. The van der Waals surface area contributed by atoms with Crippen LogP contribution in [0.2, 0.25) is 0 Å². The van der Waals surface area contributed by atoms with Gasteiger partial charge in [0.15, 0.2) is 0 Å². The molecular weight excluding hydrogens is 601 g/mol. The largest absolute Gasteiger partial charge is 0.472 e. The van der Waals surface area contributed by atoms with E-state index in [0.717, 1.165) is 44.9 Å². The Labute approximate surface area is 283 Å². The minimum atomic E-state index is -4.26. The predicted molar refractivity (Wildman–Crippen MR) is 192 cm³/mol. The Balaban J connectivity index is 4.08. The second-order valence-corrected chi connectivity index (χ2v) is 14.2. The third-order valence-electron chi connectivity index (χ3n) is 8.18. The molecule has 0 aromatic heterocycles. The number of carbonyl (C=O) groups excluding carboxylic acids is 1. The number of hydrogen-bond acceptors (Lipinski definition) is 7. The highest BCUT2D eigenvalue weighted by Gasteiger charge is 2.25. The molecule has 0 rings (SSSR count). The molecule has 0 bridgehead atoms. The molecule has 2 atom stereocenters. The van der Waals surface area contributed by atoms with Crippen LogP contribution in [0.25, 0.3) is 0 Å². The minimum Gasteiger partial charge on any atom is -0.457 e. The molecule has 0 saturated heterocycles. The number of rotatable bonds is 37. The van der Waals surface area contributed by atoms with E-state index in [1.165, 1.54) is 116 Å². The number of phosphoric ester groups is 1. The zero-order valence-corrected chi connectivity index (χ0v) is 31.0. The lowest BCUT2D eigenvalue weighted by Crippen LogP contribution is -2.28. The molecule has 0 amide bonds. The fourth-order valence-corrected chi connectivity index (χ4v) is 6.11. The highest BCUT2D eigenvalue weighted by atomic mass is 31.2. The van der Waals surface area contributed by atoms with Crippen molar-refractivity contribution in [3.05, 3.63) is 12.2 Å². The summed E-state index contributed by atoms with van der Waals surface area (Å²) >= 11 is 0. The van der Waals surface area contributed by atoms with Crippen LogP contribution >= 0.6 is 7.82 Å². The topological polar surface area (TPSA) is 117 Å². The smallest absolute Gasteiger partial charge is 0.457 e. The lowest BCUT2D eigenvalue weighted by atomic mass is 10.1. The molecular formula is C37H74NO7P. The number of nitrogens with two attached hydrogens (primary N) is 1. The monoisotopic (exact) mass is 676 g/mol. The van der Waals surface area contributed by atoms with E-state index in [2.05, 4.69) is 26.0 Å². The van der Waals surface area contributed by atoms with E-state index < -0.39 is 13.9 Å². The molecule has 0 heterocycles. The lowest BCUT2D eigenvalue weighted by Gasteiger charge is -2.20. The Kier molecular flexibility index (Phi) is 35.0. The zero-order valence-electron chi connectivity index (χ0n) is 30.1. The van der Waals surface area contributed by atoms with Gasteiger partial charge in [-0.3, -0.25) is 13.8 Å². The first-order valence-electron chi connectivity index (χ1n) is 19.2. The summed E-state index contributed by atoms with van der Waals surface area (Å²) in [6.07, 6.45) is 35.0. The molecule has 0 aliphatic heterocycles. The quantitative estimate of drug-likeness (QED) is 0.0289. The van der Waals surface area contributed by atoms with Crippen LogP contribution in [0.4, 0.5) is 0 Å². The fourth-order valence-electron chi connectivity index (χ4n) is 5.34. The number of carbonyl (C=O) groups is 1. The van der Waals surface area contributed by atoms with E-state index in [4.69, 9.17) is 24.3 Å². The molecule has 2 unspecified atom stereocenters. The van der Waals surface area contributed by atoms with Crippen molar-refractivity contribution in [3.63, 3.8) is 0 Å². The maximum atomic E-state index is 12.5. The van der Waals surface area contributed by atoms with Gasteiger partial charge in [0.1, 0.15) is 6.10 Å². The van der Waals surface area contributed by atoms with Crippen molar-refractivity contribution in [2.75, 3.05) is 33.0 Å². The predicted octanol–water partition coefficient (Wildman–Crippen LogP) is 10.7. The molecule has 0 fully saturated rings. The number of allylic oxidation sites excluding steroid dienone is 2. The van der Waals surface area contributed by atoms with E-state index in [0.29, 0.717) is 13.0 Å². The number of ether oxygens (including phenoxy) is 2. The highest BCUT2D eigenvalue weighted by Crippen LogP contribution is 2.43. The number of hydrogen-bond donors (Lipinski definition) is 2. The van der Waals surface area contributed by atoms with Crippen LogP contribution in [0.15, 0.2) is 12.2 Å². The Hall–Kier alpha value is -0.760. The van der Waals surface area contributed by atoms with E-state index in [1.54, 1.807) is 0 Å². The third-order valence-corrected chi connectivity index (χ3v) is 9.17. The van der Waals surface area contributed by atoms with Gasteiger partial charge in [-0.1, -0.05) is 148 Å². The van der Waals surface area contributed by atoms with E-state index in [9.17, 15) is 14.3 Å². The maximum absolute atomic E-state index is 12.5. The number of phosphoric acid groups is 1. The van der Waals surface area contributed by atoms with Gasteiger partial charge in [0, 0.05) is 19.6 Å². The average Bonchev–Trinajstić information content (AvgIpc) is 3.04. The van der Waals surface area contributed by atoms with E-state index >= 15 is 0 Å². The molecule has 8 nitrogen and oxygen atoms in total. The summed E-state index contributed by atoms with van der Waals surface area (Å²) in [5.41, 5.74) is 5.35. The van der Waals surface area contributed by atoms with Gasteiger partial charge < -0.3 is 20.1 Å². The second kappa shape index (κ2) is 35.5. The first-order valence-corrected chi connectivity index (χ1v) is 20.7. The highest BCUT2D eigenvalue weighted by molar-refractivity contribution is 7.47. The summed E-state index contributed by atoms with van der Waals surface area (Å²) in [6.45, 7) is 4.92. The first-order chi connectivity index (χ1) is 22.4. The molecule has 0 aliphatic carbocycles. The van der Waals surface area contributed by atoms with E-state index in [1.807, 2.05) is 0 Å². The second-order valence-electron chi connectivity index (χ2n) is 12.8. The van der Waals surface area contributed by atoms with Gasteiger partial charge >= 0.3 is 13.8 Å². The van der Waals surface area contributed by atoms with Crippen molar-refractivity contribution < 1.29 is 32.8 Å². The maximum Gasteiger partial charge on any atom is 0.472 e. The van der Waals surface area contributed by atoms with Gasteiger partial charge in [-0.25, -0.2) is 4.57 Å². The van der Waals surface area contributed by atoms with Gasteiger partial charge in [0.05, 0.1) is 19.8 Å². The normalized spacial score (nSPS) is 13.7. The molecule has 9 heteroatoms. The van der Waals surface area contributed by atoms with Crippen molar-refractivity contribution in [3.8, 4) is 0 Å². The van der Waals surface area contributed by atoms with Gasteiger partial charge in [0.25, 0.3) is 0 Å². The Bertz CT molecular complexity index is 722. The van der Waals surface area contributed by atoms with Crippen molar-refractivity contribution in [1.82, 2.24) is 0 Å². The van der Waals surface area contributed by atoms with Gasteiger partial charge in [-0.05, 0) is 38.5 Å². The SMILES string of the molecule is CCCCCCCC/C=C\CCCCCCCC(=O)OC(COCCCCCCCCCCCCCC)COP(=O)(O)OCCN. The Morgan fingerprint density at radius 1 is 0.630 bits per heavy atom. The van der Waals surface area contributed by atoms with Crippen LogP contribution in [-0.4, -0.2) is 49.9 Å². The van der Waals surface area contributed by atoms with Crippen LogP contribution in [0, 0.1) is 0 Å². The van der Waals surface area contributed by atoms with Gasteiger partial charge in [-0.2, -0.15) is 0 Å². The molecule has 0 saturated carbocycles. The summed E-state index contributed by atoms with van der Waals surface area (Å²) < 4.78 is 33.3. The summed E-state index contributed by atoms with van der Waals surface area (Å²) in [4.78, 5) is 22.4. The van der Waals surface area contributed by atoms with Gasteiger partial charge in [0.2, 0.25) is 0 Å². The molecule has 46 heavy (non-hydrogen) atoms. The lowest BCUT2D eigenvalue weighted by molar-refractivity contribution is -0.154. The number of esters is 1. The van der Waals surface area contributed by atoms with Crippen LogP contribution in [-0.2, 0) is 27.9 Å². The van der Waals surface area contributed by atoms with Gasteiger partial charge in [-0.15, -0.1) is 0 Å². The van der Waals surface area contributed by atoms with Crippen LogP contribution in [0.1, 0.15) is 181 Å².